The number of aromatic nitrogens is 3. The molecule has 0 atom stereocenters. The van der Waals surface area contributed by atoms with Crippen LogP contribution in [0.2, 0.25) is 0 Å². The minimum atomic E-state index is -0.157. The topological polar surface area (TPSA) is 85.3 Å². The molecular weight excluding hydrogens is 272 g/mol. The Morgan fingerprint density at radius 3 is 2.76 bits per heavy atom. The van der Waals surface area contributed by atoms with Gasteiger partial charge >= 0.3 is 0 Å². The van der Waals surface area contributed by atoms with Gasteiger partial charge in [-0.25, -0.2) is 0 Å². The van der Waals surface area contributed by atoms with Crippen LogP contribution in [-0.4, -0.2) is 33.2 Å². The summed E-state index contributed by atoms with van der Waals surface area (Å²) in [5.41, 5.74) is 0.493. The van der Waals surface area contributed by atoms with E-state index in [1.165, 1.54) is 11.1 Å². The summed E-state index contributed by atoms with van der Waals surface area (Å²) in [6, 6.07) is 0. The second-order valence-corrected chi connectivity index (χ2v) is 5.28. The zero-order valence-corrected chi connectivity index (χ0v) is 12.8. The molecule has 0 spiro atoms. The van der Waals surface area contributed by atoms with E-state index in [0.717, 1.165) is 6.42 Å². The molecule has 0 aliphatic carbocycles. The van der Waals surface area contributed by atoms with Crippen LogP contribution >= 0.6 is 0 Å². The molecule has 0 radical (unpaired) electrons. The van der Waals surface area contributed by atoms with Crippen LogP contribution in [0.15, 0.2) is 15.2 Å². The van der Waals surface area contributed by atoms with Gasteiger partial charge in [-0.2, -0.15) is 4.98 Å². The van der Waals surface area contributed by atoms with Crippen molar-refractivity contribution < 1.29 is 13.8 Å². The highest BCUT2D eigenvalue weighted by Crippen LogP contribution is 2.15. The fourth-order valence-corrected chi connectivity index (χ4v) is 1.90. The molecule has 0 bridgehead atoms. The molecule has 0 fully saturated rings. The number of hydrogen-bond acceptors (Lipinski definition) is 6. The molecular formula is C14H20N4O3. The molecule has 0 aliphatic heterocycles. The first-order valence-electron chi connectivity index (χ1n) is 7.04. The van der Waals surface area contributed by atoms with Crippen LogP contribution in [0, 0.1) is 0 Å². The molecule has 7 nitrogen and oxygen atoms in total. The van der Waals surface area contributed by atoms with Gasteiger partial charge < -0.3 is 13.9 Å². The first kappa shape index (κ1) is 15.2. The second-order valence-electron chi connectivity index (χ2n) is 5.28. The predicted molar refractivity (Wildman–Crippen MR) is 74.7 cm³/mol. The van der Waals surface area contributed by atoms with E-state index in [1.54, 1.807) is 7.05 Å². The van der Waals surface area contributed by atoms with Crippen LogP contribution < -0.4 is 0 Å². The Morgan fingerprint density at radius 2 is 2.14 bits per heavy atom. The summed E-state index contributed by atoms with van der Waals surface area (Å²) in [5, 5.41) is 7.59. The number of rotatable bonds is 6. The molecule has 2 aromatic rings. The lowest BCUT2D eigenvalue weighted by Gasteiger charge is -2.14. The first-order chi connectivity index (χ1) is 10.0. The Balaban J connectivity index is 2.06. The van der Waals surface area contributed by atoms with Crippen molar-refractivity contribution in [3.8, 4) is 0 Å². The summed E-state index contributed by atoms with van der Waals surface area (Å²) in [6.45, 7) is 6.25. The van der Waals surface area contributed by atoms with Crippen molar-refractivity contribution in [3.05, 3.63) is 29.2 Å². The normalized spacial score (nSPS) is 11.1. The van der Waals surface area contributed by atoms with Gasteiger partial charge in [0.25, 0.3) is 5.91 Å². The average molecular weight is 292 g/mol. The minimum Gasteiger partial charge on any atom is -0.361 e. The van der Waals surface area contributed by atoms with Crippen LogP contribution in [0.3, 0.4) is 0 Å². The summed E-state index contributed by atoms with van der Waals surface area (Å²) in [7, 11) is 1.69. The molecule has 0 unspecified atom stereocenters. The van der Waals surface area contributed by atoms with Gasteiger partial charge in [0.15, 0.2) is 5.82 Å². The van der Waals surface area contributed by atoms with E-state index >= 15 is 0 Å². The van der Waals surface area contributed by atoms with Crippen LogP contribution in [0.5, 0.6) is 0 Å². The summed E-state index contributed by atoms with van der Waals surface area (Å²) >= 11 is 0. The third-order valence-electron chi connectivity index (χ3n) is 3.06. The number of aryl methyl sites for hydroxylation is 1. The molecule has 0 aliphatic rings. The van der Waals surface area contributed by atoms with E-state index in [-0.39, 0.29) is 18.4 Å². The zero-order valence-electron chi connectivity index (χ0n) is 12.8. The van der Waals surface area contributed by atoms with E-state index in [1.807, 2.05) is 20.8 Å². The molecule has 2 heterocycles. The fourth-order valence-electron chi connectivity index (χ4n) is 1.90. The zero-order chi connectivity index (χ0) is 15.4. The van der Waals surface area contributed by atoms with E-state index in [4.69, 9.17) is 9.05 Å². The highest BCUT2D eigenvalue weighted by molar-refractivity contribution is 5.94. The van der Waals surface area contributed by atoms with Crippen molar-refractivity contribution in [2.75, 3.05) is 7.05 Å². The van der Waals surface area contributed by atoms with Crippen molar-refractivity contribution in [2.45, 2.75) is 46.1 Å². The molecule has 0 saturated heterocycles. The number of nitrogens with zero attached hydrogens (tertiary/aromatic N) is 4. The van der Waals surface area contributed by atoms with Gasteiger partial charge in [0.2, 0.25) is 5.89 Å². The second kappa shape index (κ2) is 6.51. The molecule has 7 heteroatoms. The van der Waals surface area contributed by atoms with Gasteiger partial charge in [-0.3, -0.25) is 4.79 Å². The van der Waals surface area contributed by atoms with Crippen molar-refractivity contribution in [2.24, 2.45) is 0 Å². The van der Waals surface area contributed by atoms with E-state index in [0.29, 0.717) is 29.5 Å². The highest BCUT2D eigenvalue weighted by atomic mass is 16.5. The van der Waals surface area contributed by atoms with Gasteiger partial charge in [0.05, 0.1) is 12.7 Å². The monoisotopic (exact) mass is 292 g/mol. The molecule has 2 aromatic heterocycles. The van der Waals surface area contributed by atoms with Crippen LogP contribution in [0.1, 0.15) is 60.9 Å². The van der Waals surface area contributed by atoms with Gasteiger partial charge in [-0.05, 0) is 6.42 Å². The predicted octanol–water partition coefficient (Wildman–Crippen LogP) is 2.41. The molecule has 114 valence electrons. The minimum absolute atomic E-state index is 0.157. The summed E-state index contributed by atoms with van der Waals surface area (Å²) in [6.07, 6.45) is 3.04. The Kier molecular flexibility index (Phi) is 4.72. The third kappa shape index (κ3) is 3.48. The lowest BCUT2D eigenvalue weighted by atomic mass is 10.1. The van der Waals surface area contributed by atoms with Crippen LogP contribution in [0.25, 0.3) is 0 Å². The third-order valence-corrected chi connectivity index (χ3v) is 3.06. The molecule has 21 heavy (non-hydrogen) atoms. The molecule has 1 amide bonds. The van der Waals surface area contributed by atoms with E-state index in [9.17, 15) is 4.79 Å². The van der Waals surface area contributed by atoms with Gasteiger partial charge in [0, 0.05) is 19.4 Å². The Labute approximate surface area is 123 Å². The smallest absolute Gasteiger partial charge is 0.259 e. The van der Waals surface area contributed by atoms with E-state index in [2.05, 4.69) is 15.3 Å². The van der Waals surface area contributed by atoms with Crippen LogP contribution in [-0.2, 0) is 13.0 Å². The Morgan fingerprint density at radius 1 is 1.38 bits per heavy atom. The molecule has 0 aromatic carbocycles. The van der Waals surface area contributed by atoms with Crippen molar-refractivity contribution in [1.82, 2.24) is 20.2 Å². The largest absolute Gasteiger partial charge is 0.361 e. The highest BCUT2D eigenvalue weighted by Gasteiger charge is 2.21. The maximum absolute atomic E-state index is 12.4. The number of carbonyl (C=O) groups excluding carboxylic acids is 1. The molecule has 2 rings (SSSR count). The number of hydrogen-bond donors (Lipinski definition) is 0. The maximum Gasteiger partial charge on any atom is 0.259 e. The Hall–Kier alpha value is -2.18. The average Bonchev–Trinajstić information content (AvgIpc) is 3.07. The molecule has 0 N–H and O–H groups in total. The van der Waals surface area contributed by atoms with Gasteiger partial charge in [0.1, 0.15) is 11.3 Å². The maximum atomic E-state index is 12.4. The van der Waals surface area contributed by atoms with Crippen molar-refractivity contribution >= 4 is 5.91 Å². The van der Waals surface area contributed by atoms with Gasteiger partial charge in [-0.15, -0.1) is 0 Å². The quantitative estimate of drug-likeness (QED) is 0.812. The lowest BCUT2D eigenvalue weighted by molar-refractivity contribution is 0.0778. The molecule has 0 saturated carbocycles. The first-order valence-corrected chi connectivity index (χ1v) is 7.04. The van der Waals surface area contributed by atoms with Crippen LogP contribution in [0.4, 0.5) is 0 Å². The standard InChI is InChI=1S/C14H20N4O3/c1-5-6-11-10(7-15-20-11)14(19)18(4)8-12-16-13(9(2)3)21-17-12/h7,9H,5-6,8H2,1-4H3. The SMILES string of the molecule is CCCc1oncc1C(=O)N(C)Cc1noc(C(C)C)n1. The number of amides is 1. The Bertz CT molecular complexity index is 603. The van der Waals surface area contributed by atoms with Gasteiger partial charge in [-0.1, -0.05) is 31.1 Å². The summed E-state index contributed by atoms with van der Waals surface area (Å²) in [4.78, 5) is 18.2. The number of carbonyl (C=O) groups is 1. The lowest BCUT2D eigenvalue weighted by Crippen LogP contribution is -2.27. The summed E-state index contributed by atoms with van der Waals surface area (Å²) < 4.78 is 10.2. The van der Waals surface area contributed by atoms with Crippen molar-refractivity contribution in [3.63, 3.8) is 0 Å². The van der Waals surface area contributed by atoms with E-state index < -0.39 is 0 Å². The van der Waals surface area contributed by atoms with Crippen molar-refractivity contribution in [1.29, 1.82) is 0 Å². The summed E-state index contributed by atoms with van der Waals surface area (Å²) in [5.74, 6) is 1.69. The fraction of sp³-hybridized carbons (Fsp3) is 0.571.